The van der Waals surface area contributed by atoms with Crippen molar-refractivity contribution in [2.45, 2.75) is 44.6 Å². The van der Waals surface area contributed by atoms with Crippen molar-refractivity contribution in [2.75, 3.05) is 17.2 Å². The van der Waals surface area contributed by atoms with E-state index in [1.165, 1.54) is 6.92 Å². The summed E-state index contributed by atoms with van der Waals surface area (Å²) in [7, 11) is 0. The smallest absolute Gasteiger partial charge is 0.240 e. The summed E-state index contributed by atoms with van der Waals surface area (Å²) < 4.78 is 0. The molecule has 0 atom stereocenters. The van der Waals surface area contributed by atoms with Crippen LogP contribution in [0.3, 0.4) is 0 Å². The summed E-state index contributed by atoms with van der Waals surface area (Å²) in [5.41, 5.74) is 0.694. The maximum Gasteiger partial charge on any atom is 0.240 e. The van der Waals surface area contributed by atoms with Crippen LogP contribution in [0.15, 0.2) is 24.3 Å². The Kier molecular flexibility index (Phi) is 5.58. The first-order valence-electron chi connectivity index (χ1n) is 7.87. The highest BCUT2D eigenvalue weighted by Crippen LogP contribution is 2.27. The van der Waals surface area contributed by atoms with Crippen molar-refractivity contribution >= 4 is 23.2 Å². The number of amides is 2. The summed E-state index contributed by atoms with van der Waals surface area (Å²) in [6.45, 7) is 1.53. The minimum atomic E-state index is -0.713. The molecule has 6 heteroatoms. The van der Waals surface area contributed by atoms with Gasteiger partial charge >= 0.3 is 0 Å². The van der Waals surface area contributed by atoms with E-state index in [9.17, 15) is 14.9 Å². The van der Waals surface area contributed by atoms with Crippen molar-refractivity contribution in [3.63, 3.8) is 0 Å². The predicted molar refractivity (Wildman–Crippen MR) is 88.8 cm³/mol. The van der Waals surface area contributed by atoms with Gasteiger partial charge in [0.1, 0.15) is 5.54 Å². The molecule has 23 heavy (non-hydrogen) atoms. The number of hydrogen-bond donors (Lipinski definition) is 3. The third kappa shape index (κ3) is 4.99. The van der Waals surface area contributed by atoms with Crippen LogP contribution in [0.1, 0.15) is 39.0 Å². The molecule has 3 N–H and O–H groups in total. The fourth-order valence-corrected chi connectivity index (χ4v) is 2.82. The fraction of sp³-hybridized carbons (Fsp3) is 0.471. The molecule has 1 fully saturated rings. The van der Waals surface area contributed by atoms with Gasteiger partial charge in [0, 0.05) is 18.3 Å². The van der Waals surface area contributed by atoms with Gasteiger partial charge < -0.3 is 16.0 Å². The average molecular weight is 314 g/mol. The number of benzene rings is 1. The summed E-state index contributed by atoms with van der Waals surface area (Å²) in [5.74, 6) is -0.341. The van der Waals surface area contributed by atoms with Crippen molar-refractivity contribution in [3.8, 4) is 6.07 Å². The first kappa shape index (κ1) is 16.8. The van der Waals surface area contributed by atoms with Crippen molar-refractivity contribution in [3.05, 3.63) is 24.3 Å². The third-order valence-corrected chi connectivity index (χ3v) is 3.94. The zero-order valence-electron chi connectivity index (χ0n) is 13.3. The topological polar surface area (TPSA) is 94.0 Å². The Labute approximate surface area is 136 Å². The van der Waals surface area contributed by atoms with Crippen LogP contribution in [-0.2, 0) is 9.59 Å². The zero-order valence-corrected chi connectivity index (χ0v) is 13.3. The quantitative estimate of drug-likeness (QED) is 0.778. The SMILES string of the molecule is CC(=O)Nc1cccc(NCC(=O)NC2(C#N)CCCCC2)c1. The molecule has 6 nitrogen and oxygen atoms in total. The largest absolute Gasteiger partial charge is 0.376 e. The molecule has 0 aromatic heterocycles. The maximum atomic E-state index is 12.1. The molecule has 0 spiro atoms. The number of nitrogens with one attached hydrogen (secondary N) is 3. The van der Waals surface area contributed by atoms with Crippen LogP contribution >= 0.6 is 0 Å². The van der Waals surface area contributed by atoms with Crippen LogP contribution in [0.4, 0.5) is 11.4 Å². The van der Waals surface area contributed by atoms with Crippen LogP contribution in [0.25, 0.3) is 0 Å². The Hall–Kier alpha value is -2.55. The molecule has 1 saturated carbocycles. The Morgan fingerprint density at radius 1 is 1.22 bits per heavy atom. The number of hydrogen-bond acceptors (Lipinski definition) is 4. The van der Waals surface area contributed by atoms with Gasteiger partial charge in [0.05, 0.1) is 12.6 Å². The van der Waals surface area contributed by atoms with Gasteiger partial charge in [-0.05, 0) is 31.0 Å². The fourth-order valence-electron chi connectivity index (χ4n) is 2.82. The van der Waals surface area contributed by atoms with Gasteiger partial charge in [0.15, 0.2) is 0 Å². The average Bonchev–Trinajstić information content (AvgIpc) is 2.53. The molecule has 0 unspecified atom stereocenters. The molecule has 1 aliphatic rings. The highest BCUT2D eigenvalue weighted by molar-refractivity contribution is 5.89. The molecule has 2 rings (SSSR count). The summed E-state index contributed by atoms with van der Waals surface area (Å²) in [4.78, 5) is 23.2. The van der Waals surface area contributed by atoms with Crippen molar-refractivity contribution < 1.29 is 9.59 Å². The van der Waals surface area contributed by atoms with Crippen LogP contribution in [0, 0.1) is 11.3 Å². The lowest BCUT2D eigenvalue weighted by molar-refractivity contribution is -0.121. The summed E-state index contributed by atoms with van der Waals surface area (Å²) in [6, 6.07) is 9.42. The number of nitriles is 1. The van der Waals surface area contributed by atoms with E-state index in [-0.39, 0.29) is 18.4 Å². The Morgan fingerprint density at radius 2 is 1.91 bits per heavy atom. The van der Waals surface area contributed by atoms with E-state index in [4.69, 9.17) is 0 Å². The van der Waals surface area contributed by atoms with E-state index < -0.39 is 5.54 Å². The lowest BCUT2D eigenvalue weighted by Crippen LogP contribution is -2.50. The van der Waals surface area contributed by atoms with Gasteiger partial charge in [0.2, 0.25) is 11.8 Å². The van der Waals surface area contributed by atoms with Crippen molar-refractivity contribution in [1.29, 1.82) is 5.26 Å². The van der Waals surface area contributed by atoms with Gasteiger partial charge in [-0.3, -0.25) is 9.59 Å². The standard InChI is InChI=1S/C17H22N4O2/c1-13(22)20-15-7-5-6-14(10-15)19-11-16(23)21-17(12-18)8-3-2-4-9-17/h5-7,10,19H,2-4,8-9,11H2,1H3,(H,20,22)(H,21,23). The monoisotopic (exact) mass is 314 g/mol. The third-order valence-electron chi connectivity index (χ3n) is 3.94. The van der Waals surface area contributed by atoms with Crippen LogP contribution in [-0.4, -0.2) is 23.9 Å². The van der Waals surface area contributed by atoms with E-state index in [0.29, 0.717) is 18.5 Å². The normalized spacial score (nSPS) is 16.0. The van der Waals surface area contributed by atoms with Gasteiger partial charge in [-0.15, -0.1) is 0 Å². The van der Waals surface area contributed by atoms with Crippen molar-refractivity contribution in [1.82, 2.24) is 5.32 Å². The maximum absolute atomic E-state index is 12.1. The molecule has 0 radical (unpaired) electrons. The van der Waals surface area contributed by atoms with E-state index in [2.05, 4.69) is 22.0 Å². The van der Waals surface area contributed by atoms with E-state index in [1.807, 2.05) is 6.07 Å². The molecule has 1 aliphatic carbocycles. The molecule has 1 aromatic carbocycles. The Morgan fingerprint density at radius 3 is 2.57 bits per heavy atom. The second-order valence-electron chi connectivity index (χ2n) is 5.92. The molecular formula is C17H22N4O2. The number of anilines is 2. The van der Waals surface area contributed by atoms with Crippen LogP contribution in [0.2, 0.25) is 0 Å². The molecule has 122 valence electrons. The summed E-state index contributed by atoms with van der Waals surface area (Å²) in [5, 5.41) is 17.9. The minimum Gasteiger partial charge on any atom is -0.376 e. The van der Waals surface area contributed by atoms with E-state index in [0.717, 1.165) is 24.9 Å². The summed E-state index contributed by atoms with van der Waals surface area (Å²) >= 11 is 0. The van der Waals surface area contributed by atoms with E-state index in [1.54, 1.807) is 18.2 Å². The minimum absolute atomic E-state index is 0.0902. The summed E-state index contributed by atoms with van der Waals surface area (Å²) in [6.07, 6.45) is 4.49. The van der Waals surface area contributed by atoms with Gasteiger partial charge in [0.25, 0.3) is 0 Å². The number of rotatable bonds is 5. The first-order chi connectivity index (χ1) is 11.0. The van der Waals surface area contributed by atoms with Crippen LogP contribution < -0.4 is 16.0 Å². The molecule has 2 amide bonds. The molecule has 0 bridgehead atoms. The molecule has 0 heterocycles. The van der Waals surface area contributed by atoms with Gasteiger partial charge in [-0.25, -0.2) is 0 Å². The molecule has 0 saturated heterocycles. The Bertz CT molecular complexity index is 615. The number of carbonyl (C=O) groups excluding carboxylic acids is 2. The first-order valence-corrected chi connectivity index (χ1v) is 7.87. The van der Waals surface area contributed by atoms with E-state index >= 15 is 0 Å². The van der Waals surface area contributed by atoms with Gasteiger partial charge in [-0.1, -0.05) is 25.3 Å². The molecule has 1 aromatic rings. The van der Waals surface area contributed by atoms with Crippen molar-refractivity contribution in [2.24, 2.45) is 0 Å². The highest BCUT2D eigenvalue weighted by atomic mass is 16.2. The van der Waals surface area contributed by atoms with Crippen LogP contribution in [0.5, 0.6) is 0 Å². The second-order valence-corrected chi connectivity index (χ2v) is 5.92. The molecular weight excluding hydrogens is 292 g/mol. The second kappa shape index (κ2) is 7.63. The lowest BCUT2D eigenvalue weighted by atomic mass is 9.83. The number of nitrogens with zero attached hydrogens (tertiary/aromatic N) is 1. The van der Waals surface area contributed by atoms with Gasteiger partial charge in [-0.2, -0.15) is 5.26 Å². The highest BCUT2D eigenvalue weighted by Gasteiger charge is 2.33. The predicted octanol–water partition coefficient (Wildman–Crippen LogP) is 2.40. The number of carbonyl (C=O) groups is 2. The molecule has 0 aliphatic heterocycles. The zero-order chi connectivity index (χ0) is 16.7. The Balaban J connectivity index is 1.89. The lowest BCUT2D eigenvalue weighted by Gasteiger charge is -2.31.